The van der Waals surface area contributed by atoms with E-state index in [1.807, 2.05) is 12.3 Å². The van der Waals surface area contributed by atoms with Crippen molar-refractivity contribution in [3.05, 3.63) is 29.6 Å². The molecule has 15 heavy (non-hydrogen) atoms. The van der Waals surface area contributed by atoms with Crippen molar-refractivity contribution in [2.24, 2.45) is 0 Å². The van der Waals surface area contributed by atoms with E-state index in [1.165, 1.54) is 24.9 Å². The Kier molecular flexibility index (Phi) is 3.03. The van der Waals surface area contributed by atoms with Crippen LogP contribution in [-0.4, -0.2) is 28.6 Å². The fourth-order valence-electron chi connectivity index (χ4n) is 2.19. The van der Waals surface area contributed by atoms with Crippen LogP contribution in [0.15, 0.2) is 18.3 Å². The number of likely N-dealkylation sites (tertiary alicyclic amines) is 1. The van der Waals surface area contributed by atoms with Crippen molar-refractivity contribution in [1.29, 1.82) is 0 Å². The van der Waals surface area contributed by atoms with Crippen LogP contribution in [0.25, 0.3) is 0 Å². The van der Waals surface area contributed by atoms with Crippen LogP contribution in [0.2, 0.25) is 0 Å². The van der Waals surface area contributed by atoms with Crippen LogP contribution in [0, 0.1) is 0 Å². The van der Waals surface area contributed by atoms with E-state index in [4.69, 9.17) is 0 Å². The van der Waals surface area contributed by atoms with E-state index >= 15 is 0 Å². The number of nitrogens with zero attached hydrogens (tertiary/aromatic N) is 2. The topological polar surface area (TPSA) is 36.4 Å². The molecule has 1 N–H and O–H groups in total. The summed E-state index contributed by atoms with van der Waals surface area (Å²) in [6.45, 7) is 2.91. The number of rotatable bonds is 2. The molecule has 2 atom stereocenters. The molecule has 0 bridgehead atoms. The van der Waals surface area contributed by atoms with Crippen LogP contribution in [-0.2, 0) is 0 Å². The predicted octanol–water partition coefficient (Wildman–Crippen LogP) is 1.90. The van der Waals surface area contributed by atoms with Gasteiger partial charge in [0.25, 0.3) is 0 Å². The van der Waals surface area contributed by atoms with Crippen molar-refractivity contribution in [2.75, 3.05) is 13.6 Å². The van der Waals surface area contributed by atoms with E-state index in [2.05, 4.69) is 23.0 Å². The van der Waals surface area contributed by atoms with Crippen molar-refractivity contribution in [3.8, 4) is 0 Å². The first kappa shape index (κ1) is 10.6. The minimum atomic E-state index is -0.472. The van der Waals surface area contributed by atoms with Crippen molar-refractivity contribution in [3.63, 3.8) is 0 Å². The van der Waals surface area contributed by atoms with Gasteiger partial charge in [0, 0.05) is 12.2 Å². The first-order valence-electron chi connectivity index (χ1n) is 5.52. The van der Waals surface area contributed by atoms with Crippen molar-refractivity contribution in [2.45, 2.75) is 31.9 Å². The Morgan fingerprint density at radius 3 is 2.80 bits per heavy atom. The summed E-state index contributed by atoms with van der Waals surface area (Å²) < 4.78 is 0. The zero-order valence-electron chi connectivity index (χ0n) is 9.35. The Morgan fingerprint density at radius 1 is 1.53 bits per heavy atom. The summed E-state index contributed by atoms with van der Waals surface area (Å²) in [4.78, 5) is 6.64. The first-order chi connectivity index (χ1) is 7.18. The third-order valence-corrected chi connectivity index (χ3v) is 3.14. The van der Waals surface area contributed by atoms with Gasteiger partial charge in [-0.15, -0.1) is 0 Å². The van der Waals surface area contributed by atoms with Crippen molar-refractivity contribution in [1.82, 2.24) is 9.88 Å². The second-order valence-corrected chi connectivity index (χ2v) is 4.33. The van der Waals surface area contributed by atoms with Gasteiger partial charge in [-0.25, -0.2) is 0 Å². The van der Waals surface area contributed by atoms with Crippen LogP contribution in [0.1, 0.15) is 43.2 Å². The van der Waals surface area contributed by atoms with E-state index in [-0.39, 0.29) is 0 Å². The van der Waals surface area contributed by atoms with Gasteiger partial charge in [0.1, 0.15) is 0 Å². The Morgan fingerprint density at radius 2 is 2.33 bits per heavy atom. The maximum Gasteiger partial charge on any atom is 0.0931 e. The smallest absolute Gasteiger partial charge is 0.0931 e. The molecule has 1 aliphatic heterocycles. The van der Waals surface area contributed by atoms with Crippen LogP contribution in [0.5, 0.6) is 0 Å². The SMILES string of the molecule is CC(O)c1ccc([C@@H]2CCCN2C)cn1. The van der Waals surface area contributed by atoms with Gasteiger partial charge in [-0.2, -0.15) is 0 Å². The second-order valence-electron chi connectivity index (χ2n) is 4.33. The molecule has 0 aromatic carbocycles. The maximum atomic E-state index is 9.36. The quantitative estimate of drug-likeness (QED) is 0.803. The zero-order chi connectivity index (χ0) is 10.8. The minimum Gasteiger partial charge on any atom is -0.387 e. The normalized spacial score (nSPS) is 24.3. The minimum absolute atomic E-state index is 0.472. The molecule has 2 heterocycles. The van der Waals surface area contributed by atoms with Crippen LogP contribution < -0.4 is 0 Å². The summed E-state index contributed by atoms with van der Waals surface area (Å²) in [5, 5.41) is 9.36. The lowest BCUT2D eigenvalue weighted by molar-refractivity contribution is 0.194. The molecule has 3 heteroatoms. The average Bonchev–Trinajstić information content (AvgIpc) is 2.65. The zero-order valence-corrected chi connectivity index (χ0v) is 9.35. The average molecular weight is 206 g/mol. The molecule has 0 amide bonds. The molecule has 1 aromatic rings. The Bertz CT molecular complexity index is 321. The highest BCUT2D eigenvalue weighted by Gasteiger charge is 2.22. The van der Waals surface area contributed by atoms with Crippen LogP contribution in [0.4, 0.5) is 0 Å². The summed E-state index contributed by atoms with van der Waals surface area (Å²) in [6, 6.07) is 4.52. The standard InChI is InChI=1S/C12H18N2O/c1-9(15)11-6-5-10(8-13-11)12-4-3-7-14(12)2/h5-6,8-9,12,15H,3-4,7H2,1-2H3/t9?,12-/m0/s1. The monoisotopic (exact) mass is 206 g/mol. The molecule has 1 aliphatic rings. The molecule has 0 saturated carbocycles. The van der Waals surface area contributed by atoms with Gasteiger partial charge in [0.2, 0.25) is 0 Å². The lowest BCUT2D eigenvalue weighted by Gasteiger charge is -2.19. The number of hydrogen-bond acceptors (Lipinski definition) is 3. The Labute approximate surface area is 90.8 Å². The molecular formula is C12H18N2O. The van der Waals surface area contributed by atoms with E-state index in [9.17, 15) is 5.11 Å². The first-order valence-corrected chi connectivity index (χ1v) is 5.52. The van der Waals surface area contributed by atoms with Gasteiger partial charge >= 0.3 is 0 Å². The molecule has 0 spiro atoms. The van der Waals surface area contributed by atoms with Crippen molar-refractivity contribution < 1.29 is 5.11 Å². The second kappa shape index (κ2) is 4.29. The van der Waals surface area contributed by atoms with Crippen LogP contribution >= 0.6 is 0 Å². The molecular weight excluding hydrogens is 188 g/mol. The molecule has 1 fully saturated rings. The highest BCUT2D eigenvalue weighted by molar-refractivity contribution is 5.19. The van der Waals surface area contributed by atoms with Gasteiger partial charge < -0.3 is 5.11 Å². The fourth-order valence-corrected chi connectivity index (χ4v) is 2.19. The van der Waals surface area contributed by atoms with Gasteiger partial charge in [-0.3, -0.25) is 9.88 Å². The number of aliphatic hydroxyl groups excluding tert-OH is 1. The number of aliphatic hydroxyl groups is 1. The number of pyridine rings is 1. The Hall–Kier alpha value is -0.930. The molecule has 0 aliphatic carbocycles. The summed E-state index contributed by atoms with van der Waals surface area (Å²) in [5.74, 6) is 0. The third-order valence-electron chi connectivity index (χ3n) is 3.14. The number of hydrogen-bond donors (Lipinski definition) is 1. The molecule has 3 nitrogen and oxygen atoms in total. The summed E-state index contributed by atoms with van der Waals surface area (Å²) in [5.41, 5.74) is 2.01. The summed E-state index contributed by atoms with van der Waals surface area (Å²) in [6.07, 6.45) is 3.90. The molecule has 82 valence electrons. The van der Waals surface area contributed by atoms with Gasteiger partial charge in [0.15, 0.2) is 0 Å². The Balaban J connectivity index is 2.16. The largest absolute Gasteiger partial charge is 0.387 e. The maximum absolute atomic E-state index is 9.36. The van der Waals surface area contributed by atoms with Gasteiger partial charge in [-0.05, 0) is 45.0 Å². The fraction of sp³-hybridized carbons (Fsp3) is 0.583. The highest BCUT2D eigenvalue weighted by Crippen LogP contribution is 2.29. The molecule has 1 aromatic heterocycles. The van der Waals surface area contributed by atoms with Gasteiger partial charge in [-0.1, -0.05) is 6.07 Å². The van der Waals surface area contributed by atoms with E-state index in [1.54, 1.807) is 6.92 Å². The molecule has 0 radical (unpaired) electrons. The summed E-state index contributed by atoms with van der Waals surface area (Å²) in [7, 11) is 2.15. The lowest BCUT2D eigenvalue weighted by atomic mass is 10.1. The highest BCUT2D eigenvalue weighted by atomic mass is 16.3. The van der Waals surface area contributed by atoms with Gasteiger partial charge in [0.05, 0.1) is 11.8 Å². The number of aromatic nitrogens is 1. The van der Waals surface area contributed by atoms with E-state index < -0.39 is 6.10 Å². The predicted molar refractivity (Wildman–Crippen MR) is 59.5 cm³/mol. The summed E-state index contributed by atoms with van der Waals surface area (Å²) >= 11 is 0. The van der Waals surface area contributed by atoms with Crippen LogP contribution in [0.3, 0.4) is 0 Å². The lowest BCUT2D eigenvalue weighted by Crippen LogP contribution is -2.17. The van der Waals surface area contributed by atoms with E-state index in [0.717, 1.165) is 5.69 Å². The van der Waals surface area contributed by atoms with E-state index in [0.29, 0.717) is 6.04 Å². The van der Waals surface area contributed by atoms with Crippen molar-refractivity contribution >= 4 is 0 Å². The molecule has 2 rings (SSSR count). The third kappa shape index (κ3) is 2.19. The molecule has 1 saturated heterocycles. The molecule has 1 unspecified atom stereocenters.